The van der Waals surface area contributed by atoms with Crippen molar-refractivity contribution in [1.82, 2.24) is 15.8 Å². The van der Waals surface area contributed by atoms with Crippen LogP contribution in [0, 0.1) is 5.92 Å². The summed E-state index contributed by atoms with van der Waals surface area (Å²) < 4.78 is 42.7. The molecule has 0 radical (unpaired) electrons. The molecule has 124 valence electrons. The summed E-state index contributed by atoms with van der Waals surface area (Å²) in [5.41, 5.74) is 0.706. The van der Waals surface area contributed by atoms with Crippen molar-refractivity contribution in [2.75, 3.05) is 6.54 Å². The molecule has 0 bridgehead atoms. The molecule has 1 fully saturated rings. The highest BCUT2D eigenvalue weighted by Crippen LogP contribution is 2.37. The number of hydrogen-bond donors (Lipinski definition) is 2. The quantitative estimate of drug-likeness (QED) is 0.662. The number of aliphatic imine (C=N–C) groups is 1. The van der Waals surface area contributed by atoms with Crippen LogP contribution in [-0.2, 0) is 6.54 Å². The molecule has 22 heavy (non-hydrogen) atoms. The molecular formula is C14H21F3N4O. The average Bonchev–Trinajstić information content (AvgIpc) is 2.98. The van der Waals surface area contributed by atoms with Crippen LogP contribution in [0.3, 0.4) is 0 Å². The Kier molecular flexibility index (Phi) is 5.68. The van der Waals surface area contributed by atoms with Crippen LogP contribution in [0.5, 0.6) is 0 Å². The number of alkyl halides is 3. The van der Waals surface area contributed by atoms with Gasteiger partial charge in [-0.3, -0.25) is 0 Å². The Bertz CT molecular complexity index is 465. The lowest BCUT2D eigenvalue weighted by Gasteiger charge is -2.31. The van der Waals surface area contributed by atoms with Crippen molar-refractivity contribution in [3.63, 3.8) is 0 Å². The molecule has 1 aliphatic carbocycles. The first-order chi connectivity index (χ1) is 10.5. The summed E-state index contributed by atoms with van der Waals surface area (Å²) >= 11 is 0. The molecule has 1 heterocycles. The molecule has 0 atom stereocenters. The van der Waals surface area contributed by atoms with Gasteiger partial charge in [-0.1, -0.05) is 5.16 Å². The second-order valence-corrected chi connectivity index (χ2v) is 5.42. The van der Waals surface area contributed by atoms with Crippen LogP contribution in [0.25, 0.3) is 0 Å². The number of nitrogens with one attached hydrogen (secondary N) is 2. The van der Waals surface area contributed by atoms with E-state index in [1.54, 1.807) is 6.07 Å². The molecule has 5 nitrogen and oxygen atoms in total. The van der Waals surface area contributed by atoms with E-state index in [9.17, 15) is 13.2 Å². The third-order valence-corrected chi connectivity index (χ3v) is 3.77. The van der Waals surface area contributed by atoms with Gasteiger partial charge in [0, 0.05) is 18.7 Å². The van der Waals surface area contributed by atoms with E-state index < -0.39 is 12.1 Å². The minimum Gasteiger partial charge on any atom is -0.364 e. The lowest BCUT2D eigenvalue weighted by molar-refractivity contribution is -0.182. The predicted molar refractivity (Wildman–Crippen MR) is 76.3 cm³/mol. The molecule has 2 rings (SSSR count). The highest BCUT2D eigenvalue weighted by Gasteiger charge is 2.41. The maximum absolute atomic E-state index is 12.7. The fourth-order valence-electron chi connectivity index (χ4n) is 2.56. The fraction of sp³-hybridized carbons (Fsp3) is 0.714. The third kappa shape index (κ3) is 4.92. The zero-order valence-corrected chi connectivity index (χ0v) is 12.5. The summed E-state index contributed by atoms with van der Waals surface area (Å²) in [6, 6.07) is 1.75. The Labute approximate surface area is 127 Å². The Morgan fingerprint density at radius 2 is 2.09 bits per heavy atom. The topological polar surface area (TPSA) is 62.5 Å². The Balaban J connectivity index is 1.85. The highest BCUT2D eigenvalue weighted by atomic mass is 19.4. The van der Waals surface area contributed by atoms with Gasteiger partial charge in [-0.2, -0.15) is 13.2 Å². The van der Waals surface area contributed by atoms with E-state index in [-0.39, 0.29) is 18.9 Å². The van der Waals surface area contributed by atoms with E-state index in [0.717, 1.165) is 0 Å². The number of aromatic nitrogens is 1. The summed E-state index contributed by atoms with van der Waals surface area (Å²) in [6.45, 7) is 2.99. The van der Waals surface area contributed by atoms with Gasteiger partial charge in [-0.05, 0) is 32.6 Å². The molecule has 2 N–H and O–H groups in total. The summed E-state index contributed by atoms with van der Waals surface area (Å²) in [5, 5.41) is 10.1. The number of hydrogen-bond acceptors (Lipinski definition) is 3. The summed E-state index contributed by atoms with van der Waals surface area (Å²) in [6.07, 6.45) is -1.26. The minimum atomic E-state index is -4.07. The van der Waals surface area contributed by atoms with Gasteiger partial charge in [0.25, 0.3) is 0 Å². The molecule has 0 aliphatic heterocycles. The number of nitrogens with zero attached hydrogens (tertiary/aromatic N) is 2. The number of rotatable bonds is 4. The molecule has 0 aromatic carbocycles. The van der Waals surface area contributed by atoms with Crippen molar-refractivity contribution in [2.45, 2.75) is 51.4 Å². The second-order valence-electron chi connectivity index (χ2n) is 5.42. The van der Waals surface area contributed by atoms with Gasteiger partial charge in [0.05, 0.1) is 12.5 Å². The third-order valence-electron chi connectivity index (χ3n) is 3.77. The van der Waals surface area contributed by atoms with Gasteiger partial charge < -0.3 is 15.2 Å². The van der Waals surface area contributed by atoms with E-state index in [0.29, 0.717) is 37.6 Å². The van der Waals surface area contributed by atoms with Crippen LogP contribution in [0.15, 0.2) is 21.8 Å². The molecule has 1 aromatic rings. The molecule has 8 heteroatoms. The zero-order chi connectivity index (χ0) is 16.0. The number of guanidine groups is 1. The van der Waals surface area contributed by atoms with Crippen molar-refractivity contribution in [3.8, 4) is 0 Å². The van der Waals surface area contributed by atoms with Crippen molar-refractivity contribution < 1.29 is 17.7 Å². The highest BCUT2D eigenvalue weighted by molar-refractivity contribution is 5.80. The van der Waals surface area contributed by atoms with Gasteiger partial charge in [0.1, 0.15) is 12.0 Å². The van der Waals surface area contributed by atoms with Crippen LogP contribution in [-0.4, -0.2) is 29.9 Å². The van der Waals surface area contributed by atoms with E-state index in [1.165, 1.54) is 6.26 Å². The van der Waals surface area contributed by atoms with E-state index >= 15 is 0 Å². The maximum atomic E-state index is 12.7. The molecule has 0 saturated heterocycles. The molecule has 0 unspecified atom stereocenters. The monoisotopic (exact) mass is 318 g/mol. The first-order valence-corrected chi connectivity index (χ1v) is 7.50. The second kappa shape index (κ2) is 7.51. The van der Waals surface area contributed by atoms with Gasteiger partial charge in [0.15, 0.2) is 5.96 Å². The average molecular weight is 318 g/mol. The molecule has 1 aromatic heterocycles. The van der Waals surface area contributed by atoms with Crippen molar-refractivity contribution in [3.05, 3.63) is 18.0 Å². The van der Waals surface area contributed by atoms with Crippen LogP contribution in [0.1, 0.15) is 38.3 Å². The standard InChI is InChI=1S/C14H21F3N4O/c1-2-18-13(19-9-12-7-8-22-21-12)20-11-5-3-10(4-6-11)14(15,16)17/h7-8,10-11H,2-6,9H2,1H3,(H2,18,19,20). The lowest BCUT2D eigenvalue weighted by atomic mass is 9.85. The van der Waals surface area contributed by atoms with Crippen molar-refractivity contribution >= 4 is 5.96 Å². The SMILES string of the molecule is CCNC(=NCc1ccon1)NC1CCC(C(F)(F)F)CC1. The fourth-order valence-corrected chi connectivity index (χ4v) is 2.56. The molecule has 1 saturated carbocycles. The summed E-state index contributed by atoms with van der Waals surface area (Å²) in [7, 11) is 0. The van der Waals surface area contributed by atoms with E-state index in [2.05, 4.69) is 20.8 Å². The van der Waals surface area contributed by atoms with Crippen LogP contribution >= 0.6 is 0 Å². The first-order valence-electron chi connectivity index (χ1n) is 7.50. The van der Waals surface area contributed by atoms with Gasteiger partial charge in [-0.15, -0.1) is 0 Å². The van der Waals surface area contributed by atoms with Gasteiger partial charge >= 0.3 is 6.18 Å². The van der Waals surface area contributed by atoms with Crippen LogP contribution in [0.4, 0.5) is 13.2 Å². The first kappa shape index (κ1) is 16.6. The minimum absolute atomic E-state index is 0.0220. The molecular weight excluding hydrogens is 297 g/mol. The lowest BCUT2D eigenvalue weighted by Crippen LogP contribution is -2.45. The Morgan fingerprint density at radius 1 is 1.36 bits per heavy atom. The van der Waals surface area contributed by atoms with Crippen LogP contribution in [0.2, 0.25) is 0 Å². The van der Waals surface area contributed by atoms with Crippen molar-refractivity contribution in [1.29, 1.82) is 0 Å². The van der Waals surface area contributed by atoms with Crippen molar-refractivity contribution in [2.24, 2.45) is 10.9 Å². The summed E-state index contributed by atoms with van der Waals surface area (Å²) in [4.78, 5) is 4.37. The maximum Gasteiger partial charge on any atom is 0.391 e. The Morgan fingerprint density at radius 3 is 2.64 bits per heavy atom. The van der Waals surface area contributed by atoms with E-state index in [1.807, 2.05) is 6.92 Å². The summed E-state index contributed by atoms with van der Waals surface area (Å²) in [5.74, 6) is -0.568. The van der Waals surface area contributed by atoms with Gasteiger partial charge in [0.2, 0.25) is 0 Å². The molecule has 0 spiro atoms. The van der Waals surface area contributed by atoms with Gasteiger partial charge in [-0.25, -0.2) is 4.99 Å². The zero-order valence-electron chi connectivity index (χ0n) is 12.5. The predicted octanol–water partition coefficient (Wildman–Crippen LogP) is 2.85. The smallest absolute Gasteiger partial charge is 0.364 e. The normalized spacial score (nSPS) is 23.4. The molecule has 1 aliphatic rings. The van der Waals surface area contributed by atoms with Crippen LogP contribution < -0.4 is 10.6 Å². The molecule has 0 amide bonds. The van der Waals surface area contributed by atoms with E-state index in [4.69, 9.17) is 4.52 Å². The largest absolute Gasteiger partial charge is 0.391 e. The number of halogens is 3. The Hall–Kier alpha value is -1.73.